The van der Waals surface area contributed by atoms with Gasteiger partial charge in [-0.25, -0.2) is 8.78 Å². The molecule has 0 unspecified atom stereocenters. The molecule has 142 valence electrons. The van der Waals surface area contributed by atoms with Gasteiger partial charge in [0.25, 0.3) is 0 Å². The quantitative estimate of drug-likeness (QED) is 0.804. The Morgan fingerprint density at radius 3 is 2.36 bits per heavy atom. The van der Waals surface area contributed by atoms with Crippen LogP contribution < -0.4 is 10.6 Å². The summed E-state index contributed by atoms with van der Waals surface area (Å²) in [7, 11) is 0. The van der Waals surface area contributed by atoms with Gasteiger partial charge in [0.15, 0.2) is 0 Å². The molecule has 28 heavy (non-hydrogen) atoms. The van der Waals surface area contributed by atoms with Crippen LogP contribution in [0.25, 0.3) is 0 Å². The number of halogens is 2. The van der Waals surface area contributed by atoms with E-state index in [9.17, 15) is 23.6 Å². The molecule has 2 amide bonds. The van der Waals surface area contributed by atoms with Crippen LogP contribution in [0.5, 0.6) is 0 Å². The number of hydrogen-bond acceptors (Lipinski definition) is 4. The molecule has 2 N–H and O–H groups in total. The highest BCUT2D eigenvalue weighted by molar-refractivity contribution is 8.03. The third-order valence-electron chi connectivity index (χ3n) is 4.10. The molecule has 0 saturated heterocycles. The molecule has 2 aromatic rings. The number of hydrogen-bond donors (Lipinski definition) is 2. The number of anilines is 1. The van der Waals surface area contributed by atoms with Crippen LogP contribution in [-0.2, 0) is 9.59 Å². The average Bonchev–Trinajstić information content (AvgIpc) is 2.68. The Hall–Kier alpha value is -3.18. The molecule has 0 aliphatic carbocycles. The molecule has 5 nitrogen and oxygen atoms in total. The van der Waals surface area contributed by atoms with Gasteiger partial charge in [0.1, 0.15) is 11.6 Å². The number of allylic oxidation sites excluding steroid dienone is 1. The molecule has 0 fully saturated rings. The Labute approximate surface area is 164 Å². The van der Waals surface area contributed by atoms with E-state index in [-0.39, 0.29) is 24.0 Å². The predicted molar refractivity (Wildman–Crippen MR) is 102 cm³/mol. The summed E-state index contributed by atoms with van der Waals surface area (Å²) in [4.78, 5) is 24.2. The lowest BCUT2D eigenvalue weighted by molar-refractivity contribution is -0.121. The van der Waals surface area contributed by atoms with E-state index in [1.807, 2.05) is 0 Å². The first-order valence-corrected chi connectivity index (χ1v) is 9.32. The van der Waals surface area contributed by atoms with Crippen molar-refractivity contribution in [3.8, 4) is 6.07 Å². The lowest BCUT2D eigenvalue weighted by Crippen LogP contribution is -2.31. The molecule has 0 saturated carbocycles. The number of carbonyl (C=O) groups excluding carboxylic acids is 2. The van der Waals surface area contributed by atoms with Crippen molar-refractivity contribution in [3.05, 3.63) is 76.3 Å². The fraction of sp³-hybridized carbons (Fsp3) is 0.150. The van der Waals surface area contributed by atoms with Crippen molar-refractivity contribution >= 4 is 29.3 Å². The summed E-state index contributed by atoms with van der Waals surface area (Å²) in [6, 6.07) is 13.1. The summed E-state index contributed by atoms with van der Waals surface area (Å²) in [5.41, 5.74) is 1.42. The number of carbonyl (C=O) groups is 2. The van der Waals surface area contributed by atoms with Crippen molar-refractivity contribution in [2.24, 2.45) is 0 Å². The highest BCUT2D eigenvalue weighted by Crippen LogP contribution is 2.35. The van der Waals surface area contributed by atoms with Gasteiger partial charge in [-0.15, -0.1) is 0 Å². The summed E-state index contributed by atoms with van der Waals surface area (Å²) in [6.07, 6.45) is 0.0698. The molecule has 1 aliphatic heterocycles. The average molecular weight is 399 g/mol. The van der Waals surface area contributed by atoms with Crippen LogP contribution in [0.1, 0.15) is 17.9 Å². The molecular formula is C20H15F2N3O2S. The van der Waals surface area contributed by atoms with Crippen molar-refractivity contribution in [3.63, 3.8) is 0 Å². The van der Waals surface area contributed by atoms with E-state index in [0.717, 1.165) is 11.8 Å². The van der Waals surface area contributed by atoms with E-state index in [2.05, 4.69) is 16.7 Å². The third-order valence-corrected chi connectivity index (χ3v) is 5.12. The normalized spacial score (nSPS) is 16.3. The zero-order valence-electron chi connectivity index (χ0n) is 14.5. The van der Waals surface area contributed by atoms with Crippen LogP contribution in [0.2, 0.25) is 0 Å². The van der Waals surface area contributed by atoms with Crippen molar-refractivity contribution in [1.82, 2.24) is 5.32 Å². The second kappa shape index (κ2) is 8.67. The molecule has 1 aliphatic rings. The van der Waals surface area contributed by atoms with Gasteiger partial charge in [0.05, 0.1) is 22.4 Å². The van der Waals surface area contributed by atoms with Gasteiger partial charge in [-0.2, -0.15) is 5.26 Å². The number of thioether (sulfide) groups is 1. The van der Waals surface area contributed by atoms with Gasteiger partial charge >= 0.3 is 0 Å². The molecule has 3 rings (SSSR count). The first-order chi connectivity index (χ1) is 13.5. The van der Waals surface area contributed by atoms with E-state index < -0.39 is 17.6 Å². The predicted octanol–water partition coefficient (Wildman–Crippen LogP) is 3.68. The second-order valence-electron chi connectivity index (χ2n) is 6.05. The standard InChI is InChI=1S/C20H15F2N3O2S/c21-13-3-1-12(2-4-13)16-9-18(26)25-20(17(16)10-23)28-11-19(27)24-15-7-5-14(22)6-8-15/h1-8,16H,9,11H2,(H,24,27)(H,25,26)/t16-/m0/s1. The first kappa shape index (κ1) is 19.6. The summed E-state index contributed by atoms with van der Waals surface area (Å²) >= 11 is 1.03. The number of benzene rings is 2. The zero-order valence-corrected chi connectivity index (χ0v) is 15.4. The van der Waals surface area contributed by atoms with Crippen LogP contribution in [0, 0.1) is 23.0 Å². The number of nitrogens with one attached hydrogen (secondary N) is 2. The SMILES string of the molecule is N#CC1=C(SCC(=O)Nc2ccc(F)cc2)NC(=O)C[C@H]1c1ccc(F)cc1. The topological polar surface area (TPSA) is 82.0 Å². The molecule has 1 heterocycles. The lowest BCUT2D eigenvalue weighted by Gasteiger charge is -2.25. The highest BCUT2D eigenvalue weighted by atomic mass is 32.2. The number of amides is 2. The molecule has 0 bridgehead atoms. The molecule has 0 spiro atoms. The smallest absolute Gasteiger partial charge is 0.234 e. The number of nitrogens with zero attached hydrogens (tertiary/aromatic N) is 1. The van der Waals surface area contributed by atoms with Gasteiger partial charge < -0.3 is 10.6 Å². The van der Waals surface area contributed by atoms with Crippen LogP contribution in [0.3, 0.4) is 0 Å². The second-order valence-corrected chi connectivity index (χ2v) is 7.04. The Kier molecular flexibility index (Phi) is 6.06. The van der Waals surface area contributed by atoms with Crippen LogP contribution >= 0.6 is 11.8 Å². The molecule has 2 aromatic carbocycles. The van der Waals surface area contributed by atoms with Crippen LogP contribution in [-0.4, -0.2) is 17.6 Å². The summed E-state index contributed by atoms with van der Waals surface area (Å²) in [5, 5.41) is 15.1. The van der Waals surface area contributed by atoms with Gasteiger partial charge in [0.2, 0.25) is 11.8 Å². The fourth-order valence-electron chi connectivity index (χ4n) is 2.78. The monoisotopic (exact) mass is 399 g/mol. The Morgan fingerprint density at radius 2 is 1.75 bits per heavy atom. The van der Waals surface area contributed by atoms with Crippen molar-refractivity contribution in [2.75, 3.05) is 11.1 Å². The van der Waals surface area contributed by atoms with Crippen molar-refractivity contribution in [2.45, 2.75) is 12.3 Å². The van der Waals surface area contributed by atoms with E-state index in [1.165, 1.54) is 36.4 Å². The van der Waals surface area contributed by atoms with E-state index in [4.69, 9.17) is 0 Å². The Morgan fingerprint density at radius 1 is 1.14 bits per heavy atom. The minimum atomic E-state index is -0.498. The maximum Gasteiger partial charge on any atom is 0.234 e. The van der Waals surface area contributed by atoms with Gasteiger partial charge in [-0.05, 0) is 42.0 Å². The summed E-state index contributed by atoms with van der Waals surface area (Å²) in [5.74, 6) is -2.00. The number of nitriles is 1. The van der Waals surface area contributed by atoms with Gasteiger partial charge in [-0.3, -0.25) is 9.59 Å². The summed E-state index contributed by atoms with van der Waals surface area (Å²) in [6.45, 7) is 0. The van der Waals surface area contributed by atoms with Crippen LogP contribution in [0.4, 0.5) is 14.5 Å². The molecule has 0 radical (unpaired) electrons. The molecule has 8 heteroatoms. The van der Waals surface area contributed by atoms with Crippen molar-refractivity contribution < 1.29 is 18.4 Å². The van der Waals surface area contributed by atoms with E-state index >= 15 is 0 Å². The largest absolute Gasteiger partial charge is 0.325 e. The lowest BCUT2D eigenvalue weighted by atomic mass is 9.87. The van der Waals surface area contributed by atoms with Gasteiger partial charge in [0, 0.05) is 18.0 Å². The van der Waals surface area contributed by atoms with Crippen LogP contribution in [0.15, 0.2) is 59.1 Å². The Bertz CT molecular complexity index is 966. The third kappa shape index (κ3) is 4.75. The molecule has 0 aromatic heterocycles. The Balaban J connectivity index is 1.73. The summed E-state index contributed by atoms with van der Waals surface area (Å²) < 4.78 is 26.1. The van der Waals surface area contributed by atoms with Crippen molar-refractivity contribution in [1.29, 1.82) is 5.26 Å². The highest BCUT2D eigenvalue weighted by Gasteiger charge is 2.29. The maximum atomic E-state index is 13.2. The van der Waals surface area contributed by atoms with E-state index in [1.54, 1.807) is 12.1 Å². The first-order valence-electron chi connectivity index (χ1n) is 8.34. The minimum Gasteiger partial charge on any atom is -0.325 e. The number of rotatable bonds is 5. The minimum absolute atomic E-state index is 0.0473. The van der Waals surface area contributed by atoms with E-state index in [0.29, 0.717) is 21.9 Å². The fourth-order valence-corrected chi connectivity index (χ4v) is 3.66. The maximum absolute atomic E-state index is 13.2. The molecular weight excluding hydrogens is 384 g/mol. The van der Waals surface area contributed by atoms with Gasteiger partial charge in [-0.1, -0.05) is 23.9 Å². The zero-order chi connectivity index (χ0) is 20.1. The molecule has 1 atom stereocenters.